The van der Waals surface area contributed by atoms with Crippen molar-refractivity contribution in [1.29, 1.82) is 0 Å². The first-order valence-electron chi connectivity index (χ1n) is 6.97. The van der Waals surface area contributed by atoms with E-state index in [1.54, 1.807) is 0 Å². The first kappa shape index (κ1) is 13.7. The molecule has 20 heavy (non-hydrogen) atoms. The van der Waals surface area contributed by atoms with Gasteiger partial charge in [0.25, 0.3) is 0 Å². The van der Waals surface area contributed by atoms with Crippen molar-refractivity contribution in [3.63, 3.8) is 0 Å². The van der Waals surface area contributed by atoms with Crippen molar-refractivity contribution in [1.82, 2.24) is 5.32 Å². The first-order valence-corrected chi connectivity index (χ1v) is 7.76. The molecule has 0 bridgehead atoms. The molecule has 0 amide bonds. The van der Waals surface area contributed by atoms with Crippen LogP contribution in [0.5, 0.6) is 5.75 Å². The fourth-order valence-electron chi connectivity index (χ4n) is 2.77. The van der Waals surface area contributed by atoms with Crippen LogP contribution in [-0.4, -0.2) is 13.7 Å². The van der Waals surface area contributed by atoms with Crippen LogP contribution in [0.25, 0.3) is 0 Å². The van der Waals surface area contributed by atoms with Crippen molar-refractivity contribution in [2.45, 2.75) is 18.9 Å². The summed E-state index contributed by atoms with van der Waals surface area (Å²) in [6.45, 7) is 0.839. The summed E-state index contributed by atoms with van der Waals surface area (Å²) in [5.74, 6) is 1.04. The molecule has 2 aromatic carbocycles. The molecule has 1 atom stereocenters. The largest absolute Gasteiger partial charge is 0.493 e. The third-order valence-electron chi connectivity index (χ3n) is 3.77. The molecule has 1 unspecified atom stereocenters. The van der Waals surface area contributed by atoms with Crippen molar-refractivity contribution < 1.29 is 4.74 Å². The average Bonchev–Trinajstić information content (AvgIpc) is 2.50. The van der Waals surface area contributed by atoms with Gasteiger partial charge in [-0.05, 0) is 48.7 Å². The molecule has 0 fully saturated rings. The second kappa shape index (κ2) is 5.98. The van der Waals surface area contributed by atoms with Gasteiger partial charge in [-0.2, -0.15) is 0 Å². The molecule has 0 aliphatic carbocycles. The summed E-state index contributed by atoms with van der Waals surface area (Å²) >= 11 is 3.65. The smallest absolute Gasteiger partial charge is 0.122 e. The Labute approximate surface area is 128 Å². The van der Waals surface area contributed by atoms with Crippen molar-refractivity contribution in [3.05, 3.63) is 63.6 Å². The van der Waals surface area contributed by atoms with Crippen LogP contribution in [0.3, 0.4) is 0 Å². The second-order valence-corrected chi connectivity index (χ2v) is 5.92. The summed E-state index contributed by atoms with van der Waals surface area (Å²) in [7, 11) is 2.00. The number of nitrogens with one attached hydrogen (secondary N) is 1. The molecule has 1 heterocycles. The minimum atomic E-state index is 0.192. The van der Waals surface area contributed by atoms with Gasteiger partial charge in [0.2, 0.25) is 0 Å². The van der Waals surface area contributed by atoms with E-state index in [4.69, 9.17) is 4.74 Å². The molecule has 2 nitrogen and oxygen atoms in total. The highest BCUT2D eigenvalue weighted by Crippen LogP contribution is 2.32. The summed E-state index contributed by atoms with van der Waals surface area (Å²) in [5, 5.41) is 3.41. The summed E-state index contributed by atoms with van der Waals surface area (Å²) in [6.07, 6.45) is 2.21. The number of hydrogen-bond acceptors (Lipinski definition) is 2. The molecule has 0 saturated carbocycles. The number of ether oxygens (including phenoxy) is 1. The molecule has 3 rings (SSSR count). The van der Waals surface area contributed by atoms with Gasteiger partial charge in [-0.25, -0.2) is 0 Å². The van der Waals surface area contributed by atoms with E-state index >= 15 is 0 Å². The third kappa shape index (κ3) is 2.60. The summed E-state index contributed by atoms with van der Waals surface area (Å²) in [4.78, 5) is 0. The van der Waals surface area contributed by atoms with Gasteiger partial charge in [0.15, 0.2) is 0 Å². The lowest BCUT2D eigenvalue weighted by atomic mass is 9.95. The van der Waals surface area contributed by atoms with Crippen LogP contribution in [0.1, 0.15) is 29.2 Å². The highest BCUT2D eigenvalue weighted by atomic mass is 79.9. The molecule has 3 heteroatoms. The highest BCUT2D eigenvalue weighted by molar-refractivity contribution is 9.10. The van der Waals surface area contributed by atoms with E-state index in [9.17, 15) is 0 Å². The van der Waals surface area contributed by atoms with Crippen molar-refractivity contribution >= 4 is 15.9 Å². The third-order valence-corrected chi connectivity index (χ3v) is 4.49. The lowest BCUT2D eigenvalue weighted by molar-refractivity contribution is 0.288. The molecule has 104 valence electrons. The summed E-state index contributed by atoms with van der Waals surface area (Å²) in [5.41, 5.74) is 3.86. The van der Waals surface area contributed by atoms with Gasteiger partial charge in [0, 0.05) is 4.47 Å². The minimum absolute atomic E-state index is 0.192. The minimum Gasteiger partial charge on any atom is -0.493 e. The number of hydrogen-bond donors (Lipinski definition) is 1. The topological polar surface area (TPSA) is 21.3 Å². The van der Waals surface area contributed by atoms with Crippen molar-refractivity contribution in [2.24, 2.45) is 0 Å². The van der Waals surface area contributed by atoms with Gasteiger partial charge in [0.1, 0.15) is 5.75 Å². The number of fused-ring (bicyclic) bond motifs is 1. The van der Waals surface area contributed by atoms with E-state index < -0.39 is 0 Å². The normalized spacial score (nSPS) is 15.3. The SMILES string of the molecule is CNC(c1ccc2c(c1)CCCO2)c1ccccc1Br. The number of benzene rings is 2. The Bertz CT molecular complexity index is 612. The Balaban J connectivity index is 1.99. The van der Waals surface area contributed by atoms with Gasteiger partial charge in [-0.15, -0.1) is 0 Å². The lowest BCUT2D eigenvalue weighted by Gasteiger charge is -2.22. The standard InChI is InChI=1S/C17H18BrNO/c1-19-17(14-6-2-3-7-15(14)18)13-8-9-16-12(11-13)5-4-10-20-16/h2-3,6-9,11,17,19H,4-5,10H2,1H3. The van der Waals surface area contributed by atoms with Gasteiger partial charge >= 0.3 is 0 Å². The van der Waals surface area contributed by atoms with Crippen LogP contribution in [-0.2, 0) is 6.42 Å². The molecule has 0 saturated heterocycles. The quantitative estimate of drug-likeness (QED) is 0.914. The van der Waals surface area contributed by atoms with Crippen LogP contribution in [0.2, 0.25) is 0 Å². The zero-order valence-electron chi connectivity index (χ0n) is 11.5. The average molecular weight is 332 g/mol. The number of rotatable bonds is 3. The zero-order valence-corrected chi connectivity index (χ0v) is 13.1. The fraction of sp³-hybridized carbons (Fsp3) is 0.294. The molecular formula is C17H18BrNO. The molecule has 2 aromatic rings. The van der Waals surface area contributed by atoms with E-state index in [1.807, 2.05) is 13.1 Å². The van der Waals surface area contributed by atoms with Crippen LogP contribution in [0.4, 0.5) is 0 Å². The van der Waals surface area contributed by atoms with Gasteiger partial charge in [-0.3, -0.25) is 0 Å². The van der Waals surface area contributed by atoms with E-state index in [-0.39, 0.29) is 6.04 Å². The molecular weight excluding hydrogens is 314 g/mol. The van der Waals surface area contributed by atoms with Crippen LogP contribution in [0.15, 0.2) is 46.9 Å². The monoisotopic (exact) mass is 331 g/mol. The van der Waals surface area contributed by atoms with Gasteiger partial charge in [0.05, 0.1) is 12.6 Å². The lowest BCUT2D eigenvalue weighted by Crippen LogP contribution is -2.19. The first-order chi connectivity index (χ1) is 9.79. The summed E-state index contributed by atoms with van der Waals surface area (Å²) in [6, 6.07) is 15.1. The Morgan fingerprint density at radius 3 is 2.85 bits per heavy atom. The van der Waals surface area contributed by atoms with E-state index in [0.29, 0.717) is 0 Å². The highest BCUT2D eigenvalue weighted by Gasteiger charge is 2.17. The zero-order chi connectivity index (χ0) is 13.9. The number of aryl methyl sites for hydroxylation is 1. The second-order valence-electron chi connectivity index (χ2n) is 5.06. The maximum Gasteiger partial charge on any atom is 0.122 e. The Morgan fingerprint density at radius 1 is 1.20 bits per heavy atom. The van der Waals surface area contributed by atoms with Crippen LogP contribution in [0, 0.1) is 0 Å². The summed E-state index contributed by atoms with van der Waals surface area (Å²) < 4.78 is 6.82. The van der Waals surface area contributed by atoms with E-state index in [0.717, 1.165) is 29.7 Å². The van der Waals surface area contributed by atoms with Gasteiger partial charge in [-0.1, -0.05) is 46.3 Å². The number of halogens is 1. The predicted octanol–water partition coefficient (Wildman–Crippen LogP) is 4.08. The molecule has 0 spiro atoms. The van der Waals surface area contributed by atoms with Gasteiger partial charge < -0.3 is 10.1 Å². The fourth-order valence-corrected chi connectivity index (χ4v) is 3.28. The Hall–Kier alpha value is -1.32. The Kier molecular flexibility index (Phi) is 4.08. The van der Waals surface area contributed by atoms with Crippen molar-refractivity contribution in [3.8, 4) is 5.75 Å². The van der Waals surface area contributed by atoms with E-state index in [2.05, 4.69) is 57.6 Å². The van der Waals surface area contributed by atoms with Crippen LogP contribution >= 0.6 is 15.9 Å². The molecule has 0 radical (unpaired) electrons. The molecule has 1 aliphatic rings. The predicted molar refractivity (Wildman–Crippen MR) is 85.3 cm³/mol. The molecule has 1 aliphatic heterocycles. The molecule has 0 aromatic heterocycles. The van der Waals surface area contributed by atoms with Crippen LogP contribution < -0.4 is 10.1 Å². The maximum absolute atomic E-state index is 5.69. The Morgan fingerprint density at radius 2 is 2.05 bits per heavy atom. The van der Waals surface area contributed by atoms with Crippen molar-refractivity contribution in [2.75, 3.05) is 13.7 Å². The van der Waals surface area contributed by atoms with E-state index in [1.165, 1.54) is 16.7 Å². The molecule has 1 N–H and O–H groups in total. The maximum atomic E-state index is 5.69.